The van der Waals surface area contributed by atoms with E-state index in [0.717, 1.165) is 15.6 Å². The summed E-state index contributed by atoms with van der Waals surface area (Å²) >= 11 is 9.05. The Kier molecular flexibility index (Phi) is 4.78. The van der Waals surface area contributed by atoms with Gasteiger partial charge in [0.15, 0.2) is 0 Å². The second-order valence-electron chi connectivity index (χ2n) is 3.10. The van der Waals surface area contributed by atoms with Crippen molar-refractivity contribution in [3.63, 3.8) is 0 Å². The Morgan fingerprint density at radius 3 is 2.81 bits per heavy atom. The van der Waals surface area contributed by atoms with E-state index in [1.807, 2.05) is 0 Å². The van der Waals surface area contributed by atoms with Gasteiger partial charge < -0.3 is 4.74 Å². The van der Waals surface area contributed by atoms with Gasteiger partial charge in [0.05, 0.1) is 25.2 Å². The molecule has 0 radical (unpaired) electrons. The van der Waals surface area contributed by atoms with Gasteiger partial charge in [-0.15, -0.1) is 11.6 Å². The number of rotatable bonds is 3. The molecule has 1 rings (SSSR count). The average molecular weight is 303 g/mol. The van der Waals surface area contributed by atoms with E-state index in [1.165, 1.54) is 7.11 Å². The van der Waals surface area contributed by atoms with Gasteiger partial charge in [0, 0.05) is 10.4 Å². The highest BCUT2D eigenvalue weighted by atomic mass is 79.9. The first-order valence-electron chi connectivity index (χ1n) is 4.46. The zero-order valence-corrected chi connectivity index (χ0v) is 10.9. The predicted octanol–water partition coefficient (Wildman–Crippen LogP) is 2.78. The minimum absolute atomic E-state index is 0.145. The summed E-state index contributed by atoms with van der Waals surface area (Å²) in [5.41, 5.74) is 1.94. The first kappa shape index (κ1) is 13.0. The highest BCUT2D eigenvalue weighted by Crippen LogP contribution is 2.24. The van der Waals surface area contributed by atoms with Crippen molar-refractivity contribution in [3.8, 4) is 6.07 Å². The first-order valence-corrected chi connectivity index (χ1v) is 5.79. The third-order valence-electron chi connectivity index (χ3n) is 2.09. The van der Waals surface area contributed by atoms with Crippen LogP contribution >= 0.6 is 27.5 Å². The van der Waals surface area contributed by atoms with Gasteiger partial charge in [-0.3, -0.25) is 4.79 Å². The number of nitrogens with zero attached hydrogens (tertiary/aromatic N) is 1. The fraction of sp³-hybridized carbons (Fsp3) is 0.273. The molecule has 1 aromatic carbocycles. The summed E-state index contributed by atoms with van der Waals surface area (Å²) in [5, 5.41) is 8.94. The van der Waals surface area contributed by atoms with Crippen LogP contribution in [-0.4, -0.2) is 13.1 Å². The molecule has 0 atom stereocenters. The quantitative estimate of drug-likeness (QED) is 0.637. The summed E-state index contributed by atoms with van der Waals surface area (Å²) in [6.07, 6.45) is 0.145. The number of hydrogen-bond donors (Lipinski definition) is 0. The highest BCUT2D eigenvalue weighted by Gasteiger charge is 2.10. The highest BCUT2D eigenvalue weighted by molar-refractivity contribution is 9.10. The molecule has 0 aromatic heterocycles. The van der Waals surface area contributed by atoms with Crippen LogP contribution in [0.4, 0.5) is 0 Å². The standard InChI is InChI=1S/C11H9BrClNO2/c1-16-11(15)4-7-2-8(6-14)9(5-13)10(12)3-7/h2-3H,4-5H2,1H3. The Morgan fingerprint density at radius 2 is 2.31 bits per heavy atom. The molecule has 0 saturated heterocycles. The van der Waals surface area contributed by atoms with Crippen LogP contribution in [-0.2, 0) is 21.8 Å². The number of carbonyl (C=O) groups is 1. The smallest absolute Gasteiger partial charge is 0.309 e. The number of methoxy groups -OCH3 is 1. The van der Waals surface area contributed by atoms with Crippen molar-refractivity contribution >= 4 is 33.5 Å². The van der Waals surface area contributed by atoms with Crippen LogP contribution in [0.1, 0.15) is 16.7 Å². The minimum Gasteiger partial charge on any atom is -0.469 e. The first-order chi connectivity index (χ1) is 7.62. The number of benzene rings is 1. The fourth-order valence-corrected chi connectivity index (χ4v) is 2.37. The molecule has 3 nitrogen and oxygen atoms in total. The molecule has 0 amide bonds. The lowest BCUT2D eigenvalue weighted by Gasteiger charge is -2.07. The summed E-state index contributed by atoms with van der Waals surface area (Å²) in [6.45, 7) is 0. The Balaban J connectivity index is 3.12. The van der Waals surface area contributed by atoms with Gasteiger partial charge in [-0.1, -0.05) is 15.9 Å². The molecule has 0 aliphatic heterocycles. The number of ether oxygens (including phenoxy) is 1. The Bertz CT molecular complexity index is 454. The molecule has 0 aliphatic rings. The maximum atomic E-state index is 11.1. The molecule has 1 aromatic rings. The molecule has 0 fully saturated rings. The summed E-state index contributed by atoms with van der Waals surface area (Å²) in [6, 6.07) is 5.48. The molecular formula is C11H9BrClNO2. The van der Waals surface area contributed by atoms with Crippen LogP contribution in [0, 0.1) is 11.3 Å². The van der Waals surface area contributed by atoms with E-state index >= 15 is 0 Å². The number of esters is 1. The molecule has 84 valence electrons. The van der Waals surface area contributed by atoms with E-state index in [0.29, 0.717) is 5.56 Å². The van der Waals surface area contributed by atoms with E-state index in [2.05, 4.69) is 26.7 Å². The summed E-state index contributed by atoms with van der Waals surface area (Å²) in [5.74, 6) is -0.0865. The summed E-state index contributed by atoms with van der Waals surface area (Å²) < 4.78 is 5.30. The summed E-state index contributed by atoms with van der Waals surface area (Å²) in [7, 11) is 1.33. The Hall–Kier alpha value is -1.05. The fourth-order valence-electron chi connectivity index (χ4n) is 1.27. The third-order valence-corrected chi connectivity index (χ3v) is 3.06. The topological polar surface area (TPSA) is 50.1 Å². The van der Waals surface area contributed by atoms with Crippen LogP contribution in [0.15, 0.2) is 16.6 Å². The molecule has 0 saturated carbocycles. The molecule has 5 heteroatoms. The maximum Gasteiger partial charge on any atom is 0.309 e. The monoisotopic (exact) mass is 301 g/mol. The van der Waals surface area contributed by atoms with Gasteiger partial charge in [-0.05, 0) is 23.3 Å². The summed E-state index contributed by atoms with van der Waals surface area (Å²) in [4.78, 5) is 11.1. The number of carbonyl (C=O) groups excluding carboxylic acids is 1. The largest absolute Gasteiger partial charge is 0.469 e. The van der Waals surface area contributed by atoms with Gasteiger partial charge in [0.25, 0.3) is 0 Å². The number of alkyl halides is 1. The van der Waals surface area contributed by atoms with Crippen molar-refractivity contribution in [3.05, 3.63) is 33.3 Å². The SMILES string of the molecule is COC(=O)Cc1cc(Br)c(CCl)c(C#N)c1. The van der Waals surface area contributed by atoms with Crippen LogP contribution in [0.25, 0.3) is 0 Å². The van der Waals surface area contributed by atoms with E-state index < -0.39 is 0 Å². The van der Waals surface area contributed by atoms with E-state index in [-0.39, 0.29) is 18.3 Å². The van der Waals surface area contributed by atoms with Crippen LogP contribution in [0.5, 0.6) is 0 Å². The van der Waals surface area contributed by atoms with Crippen LogP contribution in [0.2, 0.25) is 0 Å². The Morgan fingerprint density at radius 1 is 1.62 bits per heavy atom. The molecular weight excluding hydrogens is 293 g/mol. The average Bonchev–Trinajstić information content (AvgIpc) is 2.28. The van der Waals surface area contributed by atoms with Crippen molar-refractivity contribution < 1.29 is 9.53 Å². The Labute approximate surface area is 107 Å². The second-order valence-corrected chi connectivity index (χ2v) is 4.22. The molecule has 0 bridgehead atoms. The zero-order valence-electron chi connectivity index (χ0n) is 8.59. The lowest BCUT2D eigenvalue weighted by molar-refractivity contribution is -0.139. The lowest BCUT2D eigenvalue weighted by atomic mass is 10.0. The maximum absolute atomic E-state index is 11.1. The molecule has 0 N–H and O–H groups in total. The van der Waals surface area contributed by atoms with Crippen molar-refractivity contribution in [2.24, 2.45) is 0 Å². The number of hydrogen-bond acceptors (Lipinski definition) is 3. The molecule has 16 heavy (non-hydrogen) atoms. The van der Waals surface area contributed by atoms with Crippen molar-refractivity contribution in [2.45, 2.75) is 12.3 Å². The third kappa shape index (κ3) is 2.97. The van der Waals surface area contributed by atoms with Crippen LogP contribution < -0.4 is 0 Å². The van der Waals surface area contributed by atoms with Crippen molar-refractivity contribution in [1.29, 1.82) is 5.26 Å². The van der Waals surface area contributed by atoms with E-state index in [4.69, 9.17) is 16.9 Å². The number of halogens is 2. The van der Waals surface area contributed by atoms with Gasteiger partial charge in [0.2, 0.25) is 0 Å². The zero-order chi connectivity index (χ0) is 12.1. The molecule has 0 aliphatic carbocycles. The number of nitriles is 1. The predicted molar refractivity (Wildman–Crippen MR) is 64.1 cm³/mol. The van der Waals surface area contributed by atoms with Gasteiger partial charge in [0.1, 0.15) is 0 Å². The van der Waals surface area contributed by atoms with E-state index in [9.17, 15) is 4.79 Å². The normalized spacial score (nSPS) is 9.62. The molecule has 0 spiro atoms. The van der Waals surface area contributed by atoms with E-state index in [1.54, 1.807) is 12.1 Å². The van der Waals surface area contributed by atoms with Gasteiger partial charge >= 0.3 is 5.97 Å². The van der Waals surface area contributed by atoms with Crippen LogP contribution in [0.3, 0.4) is 0 Å². The molecule has 0 heterocycles. The lowest BCUT2D eigenvalue weighted by Crippen LogP contribution is -2.05. The minimum atomic E-state index is -0.339. The second kappa shape index (κ2) is 5.88. The molecule has 0 unspecified atom stereocenters. The van der Waals surface area contributed by atoms with Crippen molar-refractivity contribution in [1.82, 2.24) is 0 Å². The van der Waals surface area contributed by atoms with Gasteiger partial charge in [-0.2, -0.15) is 5.26 Å². The van der Waals surface area contributed by atoms with Gasteiger partial charge in [-0.25, -0.2) is 0 Å². The van der Waals surface area contributed by atoms with Crippen molar-refractivity contribution in [2.75, 3.05) is 7.11 Å².